The number of allylic oxidation sites excluding steroid dienone is 1. The minimum Gasteiger partial charge on any atom is -0.463 e. The van der Waals surface area contributed by atoms with Gasteiger partial charge in [0.15, 0.2) is 16.3 Å². The zero-order chi connectivity index (χ0) is 24.7. The Balaban J connectivity index is 1.66. The molecule has 35 heavy (non-hydrogen) atoms. The highest BCUT2D eigenvalue weighted by Gasteiger charge is 2.31. The SMILES string of the molecule is CCOC(=O)C1=C(C)n2c(s/c(=C\c3ccc4c(c3)OCO4)c2=O)=N[C@H]1c1ccc([N+](=O)[O-])cc1. The molecule has 2 aliphatic heterocycles. The third kappa shape index (κ3) is 3.99. The lowest BCUT2D eigenvalue weighted by Gasteiger charge is -2.22. The summed E-state index contributed by atoms with van der Waals surface area (Å²) < 4.78 is 17.8. The van der Waals surface area contributed by atoms with E-state index in [0.29, 0.717) is 32.1 Å². The van der Waals surface area contributed by atoms with E-state index in [1.807, 2.05) is 6.07 Å². The fraction of sp³-hybridized carbons (Fsp3) is 0.208. The summed E-state index contributed by atoms with van der Waals surface area (Å²) in [7, 11) is 0. The van der Waals surface area contributed by atoms with Crippen molar-refractivity contribution in [3.05, 3.63) is 89.0 Å². The van der Waals surface area contributed by atoms with Gasteiger partial charge in [0.05, 0.1) is 21.6 Å². The number of aromatic nitrogens is 1. The Morgan fingerprint density at radius 1 is 1.26 bits per heavy atom. The summed E-state index contributed by atoms with van der Waals surface area (Å²) in [5, 5.41) is 11.1. The van der Waals surface area contributed by atoms with Crippen LogP contribution in [0.5, 0.6) is 11.5 Å². The molecule has 0 aliphatic carbocycles. The molecule has 0 amide bonds. The fourth-order valence-electron chi connectivity index (χ4n) is 3.99. The van der Waals surface area contributed by atoms with E-state index in [1.165, 1.54) is 28.0 Å². The quantitative estimate of drug-likeness (QED) is 0.304. The molecule has 1 aromatic heterocycles. The number of carbonyl (C=O) groups is 1. The number of hydrogen-bond donors (Lipinski definition) is 0. The van der Waals surface area contributed by atoms with Crippen LogP contribution in [0.1, 0.15) is 31.0 Å². The number of nitrogens with zero attached hydrogens (tertiary/aromatic N) is 3. The van der Waals surface area contributed by atoms with Crippen LogP contribution in [0.2, 0.25) is 0 Å². The summed E-state index contributed by atoms with van der Waals surface area (Å²) in [5.74, 6) is 0.647. The molecule has 0 bridgehead atoms. The largest absolute Gasteiger partial charge is 0.463 e. The van der Waals surface area contributed by atoms with Crippen LogP contribution in [-0.2, 0) is 9.53 Å². The summed E-state index contributed by atoms with van der Waals surface area (Å²) in [5.41, 5.74) is 1.56. The van der Waals surface area contributed by atoms with Gasteiger partial charge in [-0.2, -0.15) is 0 Å². The van der Waals surface area contributed by atoms with Crippen LogP contribution in [0.25, 0.3) is 11.8 Å². The van der Waals surface area contributed by atoms with Crippen molar-refractivity contribution in [3.8, 4) is 11.5 Å². The Labute approximate surface area is 202 Å². The molecular weight excluding hydrogens is 474 g/mol. The van der Waals surface area contributed by atoms with E-state index in [0.717, 1.165) is 5.56 Å². The van der Waals surface area contributed by atoms with Crippen LogP contribution in [0.4, 0.5) is 5.69 Å². The molecule has 0 spiro atoms. The molecule has 2 aromatic carbocycles. The number of non-ortho nitro benzene ring substituents is 1. The first-order chi connectivity index (χ1) is 16.9. The maximum Gasteiger partial charge on any atom is 0.338 e. The Hall–Kier alpha value is -4.25. The predicted octanol–water partition coefficient (Wildman–Crippen LogP) is 2.54. The van der Waals surface area contributed by atoms with Crippen LogP contribution >= 0.6 is 11.3 Å². The van der Waals surface area contributed by atoms with Crippen molar-refractivity contribution in [1.82, 2.24) is 4.57 Å². The number of carbonyl (C=O) groups excluding carboxylic acids is 1. The average Bonchev–Trinajstić information content (AvgIpc) is 3.43. The van der Waals surface area contributed by atoms with Crippen LogP contribution in [0, 0.1) is 10.1 Å². The van der Waals surface area contributed by atoms with Gasteiger partial charge in [0.1, 0.15) is 6.04 Å². The van der Waals surface area contributed by atoms with E-state index < -0.39 is 16.9 Å². The van der Waals surface area contributed by atoms with E-state index >= 15 is 0 Å². The first kappa shape index (κ1) is 22.5. The number of fused-ring (bicyclic) bond motifs is 2. The van der Waals surface area contributed by atoms with Gasteiger partial charge in [-0.3, -0.25) is 19.5 Å². The van der Waals surface area contributed by atoms with E-state index in [9.17, 15) is 19.7 Å². The van der Waals surface area contributed by atoms with Crippen molar-refractivity contribution in [3.63, 3.8) is 0 Å². The number of hydrogen-bond acceptors (Lipinski definition) is 9. The Morgan fingerprint density at radius 2 is 2.00 bits per heavy atom. The molecular formula is C24H19N3O7S. The summed E-state index contributed by atoms with van der Waals surface area (Å²) in [6.07, 6.45) is 1.73. The number of esters is 1. The zero-order valence-electron chi connectivity index (χ0n) is 18.7. The first-order valence-corrected chi connectivity index (χ1v) is 11.5. The normalized spacial score (nSPS) is 16.6. The smallest absolute Gasteiger partial charge is 0.338 e. The van der Waals surface area contributed by atoms with Crippen LogP contribution in [0.3, 0.4) is 0 Å². The van der Waals surface area contributed by atoms with Gasteiger partial charge >= 0.3 is 5.97 Å². The maximum absolute atomic E-state index is 13.3. The Kier molecular flexibility index (Phi) is 5.69. The number of nitro benzene ring substituents is 1. The summed E-state index contributed by atoms with van der Waals surface area (Å²) in [6.45, 7) is 3.66. The monoisotopic (exact) mass is 493 g/mol. The summed E-state index contributed by atoms with van der Waals surface area (Å²) >= 11 is 1.19. The molecule has 2 aliphatic rings. The minimum atomic E-state index is -0.772. The van der Waals surface area contributed by atoms with Gasteiger partial charge in [-0.15, -0.1) is 0 Å². The molecule has 0 radical (unpaired) electrons. The zero-order valence-corrected chi connectivity index (χ0v) is 19.5. The minimum absolute atomic E-state index is 0.0726. The molecule has 0 unspecified atom stereocenters. The molecule has 0 saturated carbocycles. The molecule has 3 heterocycles. The summed E-state index contributed by atoms with van der Waals surface area (Å²) in [6, 6.07) is 10.4. The molecule has 11 heteroatoms. The van der Waals surface area contributed by atoms with Gasteiger partial charge in [-0.25, -0.2) is 9.79 Å². The fourth-order valence-corrected chi connectivity index (χ4v) is 5.03. The third-order valence-corrected chi connectivity index (χ3v) is 6.64. The van der Waals surface area contributed by atoms with Crippen LogP contribution in [0.15, 0.2) is 57.8 Å². The average molecular weight is 493 g/mol. The van der Waals surface area contributed by atoms with Gasteiger partial charge in [-0.05, 0) is 55.3 Å². The standard InChI is InChI=1S/C24H19N3O7S/c1-3-32-23(29)20-13(2)26-22(28)19(11-14-4-9-17-18(10-14)34-12-33-17)35-24(26)25-21(20)15-5-7-16(8-6-15)27(30)31/h4-11,21H,3,12H2,1-2H3/b19-11-/t21-/m0/s1. The number of rotatable bonds is 5. The molecule has 10 nitrogen and oxygen atoms in total. The highest BCUT2D eigenvalue weighted by atomic mass is 32.1. The van der Waals surface area contributed by atoms with Crippen molar-refractivity contribution < 1.29 is 23.9 Å². The number of nitro groups is 1. The van der Waals surface area contributed by atoms with Crippen molar-refractivity contribution in [2.45, 2.75) is 19.9 Å². The van der Waals surface area contributed by atoms with Gasteiger partial charge in [0.2, 0.25) is 6.79 Å². The van der Waals surface area contributed by atoms with Gasteiger partial charge < -0.3 is 14.2 Å². The van der Waals surface area contributed by atoms with Crippen molar-refractivity contribution in [2.24, 2.45) is 4.99 Å². The van der Waals surface area contributed by atoms with Crippen LogP contribution in [-0.4, -0.2) is 28.9 Å². The van der Waals surface area contributed by atoms with E-state index in [-0.39, 0.29) is 30.2 Å². The van der Waals surface area contributed by atoms with Gasteiger partial charge in [0.25, 0.3) is 11.2 Å². The second kappa shape index (κ2) is 8.84. The lowest BCUT2D eigenvalue weighted by molar-refractivity contribution is -0.384. The Morgan fingerprint density at radius 3 is 2.71 bits per heavy atom. The topological polar surface area (TPSA) is 122 Å². The second-order valence-corrected chi connectivity index (χ2v) is 8.76. The highest BCUT2D eigenvalue weighted by Crippen LogP contribution is 2.34. The lowest BCUT2D eigenvalue weighted by Crippen LogP contribution is -2.35. The second-order valence-electron chi connectivity index (χ2n) is 7.75. The Bertz CT molecular complexity index is 1570. The van der Waals surface area contributed by atoms with Gasteiger partial charge in [-0.1, -0.05) is 17.4 Å². The lowest BCUT2D eigenvalue weighted by atomic mass is 9.96. The van der Waals surface area contributed by atoms with Crippen molar-refractivity contribution in [1.29, 1.82) is 0 Å². The molecule has 3 aromatic rings. The molecule has 0 N–H and O–H groups in total. The number of ether oxygens (including phenoxy) is 3. The summed E-state index contributed by atoms with van der Waals surface area (Å²) in [4.78, 5) is 41.9. The number of benzene rings is 2. The maximum atomic E-state index is 13.3. The van der Waals surface area contributed by atoms with E-state index in [1.54, 1.807) is 44.2 Å². The van der Waals surface area contributed by atoms with Crippen molar-refractivity contribution >= 4 is 34.8 Å². The predicted molar refractivity (Wildman–Crippen MR) is 127 cm³/mol. The molecule has 5 rings (SSSR count). The third-order valence-electron chi connectivity index (χ3n) is 5.65. The first-order valence-electron chi connectivity index (χ1n) is 10.7. The molecule has 0 fully saturated rings. The van der Waals surface area contributed by atoms with Gasteiger partial charge in [0, 0.05) is 17.8 Å². The molecule has 0 saturated heterocycles. The highest BCUT2D eigenvalue weighted by molar-refractivity contribution is 7.07. The molecule has 178 valence electrons. The number of thiazole rings is 1. The van der Waals surface area contributed by atoms with Crippen LogP contribution < -0.4 is 24.4 Å². The van der Waals surface area contributed by atoms with E-state index in [4.69, 9.17) is 19.2 Å². The molecule has 1 atom stereocenters. The van der Waals surface area contributed by atoms with E-state index in [2.05, 4.69) is 0 Å². The van der Waals surface area contributed by atoms with Crippen molar-refractivity contribution in [2.75, 3.05) is 13.4 Å².